The fourth-order valence-corrected chi connectivity index (χ4v) is 3.95. The number of piperidine rings is 1. The van der Waals surface area contributed by atoms with Crippen molar-refractivity contribution in [1.82, 2.24) is 15.1 Å². The van der Waals surface area contributed by atoms with Crippen molar-refractivity contribution in [2.24, 2.45) is 10.9 Å². The molecule has 2 N–H and O–H groups in total. The van der Waals surface area contributed by atoms with E-state index in [0.29, 0.717) is 39.3 Å². The quantitative estimate of drug-likeness (QED) is 0.551. The van der Waals surface area contributed by atoms with Gasteiger partial charge in [-0.3, -0.25) is 9.79 Å². The minimum absolute atomic E-state index is 0.0934. The molecule has 3 rings (SSSR count). The molecule has 2 heterocycles. The average Bonchev–Trinajstić information content (AvgIpc) is 2.77. The van der Waals surface area contributed by atoms with Crippen LogP contribution in [-0.4, -0.2) is 85.4 Å². The molecule has 0 spiro atoms. The topological polar surface area (TPSA) is 77.4 Å². The highest BCUT2D eigenvalue weighted by atomic mass is 16.5. The summed E-state index contributed by atoms with van der Waals surface area (Å²) in [5.41, 5.74) is 1.11. The first-order chi connectivity index (χ1) is 14.2. The van der Waals surface area contributed by atoms with E-state index in [1.807, 2.05) is 42.2 Å². The fraction of sp³-hybridized carbons (Fsp3) is 0.636. The van der Waals surface area contributed by atoms with Crippen molar-refractivity contribution in [3.05, 3.63) is 35.9 Å². The number of aliphatic hydroxyl groups excluding tert-OH is 1. The number of nitrogens with one attached hydrogen (secondary N) is 1. The van der Waals surface area contributed by atoms with Crippen molar-refractivity contribution in [3.8, 4) is 0 Å². The number of aliphatic imine (C=N–C) groups is 1. The predicted octanol–water partition coefficient (Wildman–Crippen LogP) is 1.13. The van der Waals surface area contributed by atoms with Gasteiger partial charge in [-0.15, -0.1) is 0 Å². The van der Waals surface area contributed by atoms with Gasteiger partial charge in [0.15, 0.2) is 5.96 Å². The molecule has 7 heteroatoms. The monoisotopic (exact) mass is 402 g/mol. The maximum atomic E-state index is 12.7. The van der Waals surface area contributed by atoms with Gasteiger partial charge in [0.05, 0.1) is 25.9 Å². The van der Waals surface area contributed by atoms with E-state index in [1.165, 1.54) is 0 Å². The van der Waals surface area contributed by atoms with Crippen molar-refractivity contribution in [1.29, 1.82) is 0 Å². The molecule has 1 atom stereocenters. The Morgan fingerprint density at radius 1 is 1.17 bits per heavy atom. The number of ether oxygens (including phenoxy) is 1. The lowest BCUT2D eigenvalue weighted by Gasteiger charge is -2.36. The molecule has 29 heavy (non-hydrogen) atoms. The van der Waals surface area contributed by atoms with E-state index in [2.05, 4.69) is 15.2 Å². The molecule has 160 valence electrons. The molecule has 2 fully saturated rings. The molecule has 1 aromatic carbocycles. The summed E-state index contributed by atoms with van der Waals surface area (Å²) in [4.78, 5) is 21.5. The van der Waals surface area contributed by atoms with Gasteiger partial charge in [-0.25, -0.2) is 0 Å². The second-order valence-corrected chi connectivity index (χ2v) is 7.74. The van der Waals surface area contributed by atoms with Crippen LogP contribution in [0.1, 0.15) is 25.3 Å². The summed E-state index contributed by atoms with van der Waals surface area (Å²) in [5.74, 6) is 1.20. The lowest BCUT2D eigenvalue weighted by Crippen LogP contribution is -2.50. The zero-order chi connectivity index (χ0) is 20.5. The summed E-state index contributed by atoms with van der Waals surface area (Å²) in [7, 11) is 0. The summed E-state index contributed by atoms with van der Waals surface area (Å²) in [5, 5.41) is 13.7. The van der Waals surface area contributed by atoms with Crippen molar-refractivity contribution < 1.29 is 14.6 Å². The van der Waals surface area contributed by atoms with Crippen LogP contribution in [0.5, 0.6) is 0 Å². The first-order valence-corrected chi connectivity index (χ1v) is 10.8. The average molecular weight is 403 g/mol. The van der Waals surface area contributed by atoms with Gasteiger partial charge >= 0.3 is 0 Å². The minimum atomic E-state index is -0.508. The molecule has 2 aliphatic rings. The summed E-state index contributed by atoms with van der Waals surface area (Å²) in [6.45, 7) is 7.52. The molecule has 0 saturated carbocycles. The number of nitrogens with zero attached hydrogens (tertiary/aromatic N) is 3. The highest BCUT2D eigenvalue weighted by Crippen LogP contribution is 2.20. The number of benzene rings is 1. The van der Waals surface area contributed by atoms with Gasteiger partial charge in [0.1, 0.15) is 0 Å². The standard InChI is InChI=1S/C22H34N4O3/c1-2-23-22(24-17-20(27)16-18-6-4-3-5-7-18)26-10-8-19(9-11-26)21(28)25-12-14-29-15-13-25/h3-7,19-20,27H,2,8-17H2,1H3,(H,23,24). The summed E-state index contributed by atoms with van der Waals surface area (Å²) in [6.07, 6.45) is 1.77. The number of hydrogen-bond acceptors (Lipinski definition) is 4. The Morgan fingerprint density at radius 2 is 1.86 bits per heavy atom. The number of aliphatic hydroxyl groups is 1. The summed E-state index contributed by atoms with van der Waals surface area (Å²) in [6, 6.07) is 9.99. The van der Waals surface area contributed by atoms with Gasteiger partial charge in [-0.1, -0.05) is 30.3 Å². The van der Waals surface area contributed by atoms with Crippen LogP contribution in [0.25, 0.3) is 0 Å². The minimum Gasteiger partial charge on any atom is -0.391 e. The van der Waals surface area contributed by atoms with Gasteiger partial charge in [-0.2, -0.15) is 0 Å². The first-order valence-electron chi connectivity index (χ1n) is 10.8. The van der Waals surface area contributed by atoms with Gasteiger partial charge < -0.3 is 25.0 Å². The number of guanidine groups is 1. The Morgan fingerprint density at radius 3 is 2.52 bits per heavy atom. The molecule has 0 bridgehead atoms. The van der Waals surface area contributed by atoms with Crippen LogP contribution in [0.15, 0.2) is 35.3 Å². The number of rotatable bonds is 6. The van der Waals surface area contributed by atoms with E-state index in [4.69, 9.17) is 4.74 Å². The molecular formula is C22H34N4O3. The molecule has 1 amide bonds. The number of amides is 1. The van der Waals surface area contributed by atoms with Gasteiger partial charge in [0.25, 0.3) is 0 Å². The smallest absolute Gasteiger partial charge is 0.225 e. The van der Waals surface area contributed by atoms with Crippen LogP contribution < -0.4 is 5.32 Å². The Kier molecular flexibility index (Phi) is 8.31. The molecule has 2 saturated heterocycles. The second kappa shape index (κ2) is 11.2. The molecule has 7 nitrogen and oxygen atoms in total. The van der Waals surface area contributed by atoms with Gasteiger partial charge in [0.2, 0.25) is 5.91 Å². The third-order valence-corrected chi connectivity index (χ3v) is 5.57. The second-order valence-electron chi connectivity index (χ2n) is 7.74. The van der Waals surface area contributed by atoms with Crippen molar-refractivity contribution in [3.63, 3.8) is 0 Å². The molecule has 0 aromatic heterocycles. The molecule has 2 aliphatic heterocycles. The molecule has 1 aromatic rings. The number of likely N-dealkylation sites (tertiary alicyclic amines) is 1. The summed E-state index contributed by atoms with van der Waals surface area (Å²) < 4.78 is 5.35. The molecule has 1 unspecified atom stereocenters. The fourth-order valence-electron chi connectivity index (χ4n) is 3.95. The maximum Gasteiger partial charge on any atom is 0.225 e. The third-order valence-electron chi connectivity index (χ3n) is 5.57. The van der Waals surface area contributed by atoms with E-state index in [-0.39, 0.29) is 11.8 Å². The Hall–Kier alpha value is -2.12. The third kappa shape index (κ3) is 6.44. The SMILES string of the molecule is CCNC(=NCC(O)Cc1ccccc1)N1CCC(C(=O)N2CCOCC2)CC1. The Labute approximate surface area is 173 Å². The Balaban J connectivity index is 1.50. The van der Waals surface area contributed by atoms with E-state index < -0.39 is 6.10 Å². The zero-order valence-corrected chi connectivity index (χ0v) is 17.4. The number of hydrogen-bond donors (Lipinski definition) is 2. The van der Waals surface area contributed by atoms with Crippen LogP contribution in [0.4, 0.5) is 0 Å². The van der Waals surface area contributed by atoms with E-state index in [1.54, 1.807) is 0 Å². The van der Waals surface area contributed by atoms with Gasteiger partial charge in [0, 0.05) is 45.1 Å². The largest absolute Gasteiger partial charge is 0.391 e. The van der Waals surface area contributed by atoms with Gasteiger partial charge in [-0.05, 0) is 25.3 Å². The maximum absolute atomic E-state index is 12.7. The van der Waals surface area contributed by atoms with Crippen LogP contribution in [-0.2, 0) is 16.0 Å². The van der Waals surface area contributed by atoms with Crippen molar-refractivity contribution >= 4 is 11.9 Å². The van der Waals surface area contributed by atoms with E-state index in [9.17, 15) is 9.90 Å². The molecule has 0 radical (unpaired) electrons. The van der Waals surface area contributed by atoms with Crippen LogP contribution in [0.3, 0.4) is 0 Å². The van der Waals surface area contributed by atoms with E-state index in [0.717, 1.165) is 44.0 Å². The normalized spacial score (nSPS) is 19.9. The van der Waals surface area contributed by atoms with Crippen molar-refractivity contribution in [2.75, 3.05) is 52.5 Å². The number of carbonyl (C=O) groups is 1. The van der Waals surface area contributed by atoms with E-state index >= 15 is 0 Å². The lowest BCUT2D eigenvalue weighted by molar-refractivity contribution is -0.140. The first kappa shape index (κ1) is 21.6. The summed E-state index contributed by atoms with van der Waals surface area (Å²) >= 11 is 0. The van der Waals surface area contributed by atoms with Crippen LogP contribution >= 0.6 is 0 Å². The zero-order valence-electron chi connectivity index (χ0n) is 17.4. The van der Waals surface area contributed by atoms with Crippen LogP contribution in [0, 0.1) is 5.92 Å². The highest BCUT2D eigenvalue weighted by molar-refractivity contribution is 5.82. The number of morpholine rings is 1. The highest BCUT2D eigenvalue weighted by Gasteiger charge is 2.30. The number of carbonyl (C=O) groups excluding carboxylic acids is 1. The predicted molar refractivity (Wildman–Crippen MR) is 114 cm³/mol. The molecule has 0 aliphatic carbocycles. The van der Waals surface area contributed by atoms with Crippen molar-refractivity contribution in [2.45, 2.75) is 32.3 Å². The Bertz CT molecular complexity index is 653. The lowest BCUT2D eigenvalue weighted by atomic mass is 9.95. The molecular weight excluding hydrogens is 368 g/mol. The van der Waals surface area contributed by atoms with Crippen LogP contribution in [0.2, 0.25) is 0 Å².